The van der Waals surface area contributed by atoms with Crippen molar-refractivity contribution in [2.45, 2.75) is 43.9 Å². The monoisotopic (exact) mass is 647 g/mol. The van der Waals surface area contributed by atoms with E-state index in [2.05, 4.69) is 40.7 Å². The van der Waals surface area contributed by atoms with Crippen molar-refractivity contribution in [1.29, 1.82) is 0 Å². The molecule has 7 heterocycles. The number of hydrogen-bond acceptors (Lipinski definition) is 17. The topological polar surface area (TPSA) is 234 Å². The quantitative estimate of drug-likeness (QED) is 0.379. The molecule has 5 aliphatic rings. The zero-order valence-corrected chi connectivity index (χ0v) is 25.0. The van der Waals surface area contributed by atoms with E-state index < -0.39 is 41.0 Å². The maximum atomic E-state index is 13.1. The van der Waals surface area contributed by atoms with Gasteiger partial charge in [-0.3, -0.25) is 18.5 Å². The molecule has 1 aliphatic carbocycles. The van der Waals surface area contributed by atoms with Crippen molar-refractivity contribution >= 4 is 50.9 Å². The van der Waals surface area contributed by atoms with E-state index in [1.54, 1.807) is 17.2 Å². The molecule has 0 aromatic carbocycles. The van der Waals surface area contributed by atoms with Gasteiger partial charge in [-0.05, 0) is 17.6 Å². The van der Waals surface area contributed by atoms with Gasteiger partial charge in [-0.1, -0.05) is 6.92 Å². The van der Waals surface area contributed by atoms with Crippen LogP contribution in [0, 0.1) is 17.8 Å². The number of carbonyl (C=O) groups is 1. The summed E-state index contributed by atoms with van der Waals surface area (Å²) in [5, 5.41) is 14.5. The number of anilines is 2. The predicted molar refractivity (Wildman–Crippen MR) is 150 cm³/mol. The van der Waals surface area contributed by atoms with Gasteiger partial charge in [-0.2, -0.15) is 0 Å². The number of ketones is 1. The normalized spacial score (nSPS) is 36.9. The van der Waals surface area contributed by atoms with Gasteiger partial charge in [0.05, 0.1) is 32.5 Å². The van der Waals surface area contributed by atoms with Gasteiger partial charge in [0.15, 0.2) is 29.0 Å². The molecule has 3 unspecified atom stereocenters. The number of nitrogens with two attached hydrogens (primary N) is 1. The molecular formula is C23H27N11O8P2. The molecule has 44 heavy (non-hydrogen) atoms. The summed E-state index contributed by atoms with van der Waals surface area (Å²) in [6.45, 7) is 1.93. The summed E-state index contributed by atoms with van der Waals surface area (Å²) in [5.74, 6) is 0.101. The second-order valence-corrected chi connectivity index (χ2v) is 13.3. The number of aromatic nitrogens is 6. The van der Waals surface area contributed by atoms with Gasteiger partial charge in [-0.15, -0.1) is 10.2 Å². The number of nitrogen functional groups attached to an aromatic ring is 1. The first kappa shape index (κ1) is 28.1. The van der Waals surface area contributed by atoms with Crippen LogP contribution in [-0.4, -0.2) is 78.8 Å². The summed E-state index contributed by atoms with van der Waals surface area (Å²) in [4.78, 5) is 29.7. The molecule has 0 spiro atoms. The molecule has 2 saturated heterocycles. The summed E-state index contributed by atoms with van der Waals surface area (Å²) in [7, 11) is -5.92. The van der Waals surface area contributed by atoms with Gasteiger partial charge >= 0.3 is 16.5 Å². The standard InChI is InChI=1S/C23H27N11O8P2/c1-9-18-13(41-23(9)34-8-28-16-19(24)25-6-26-21(16)34)5-40-43(36)39-4-11-10(3-38-44(37)42-18)2-12(11)33-7-27-15-17(35)14-20(29-22(15)33)31-32-30-14/h6-14,18,23,43-44H,2-5H2,1H3,(H2,24,25,26)(H,29,30,31)/t9-,10-,11-,12-,13-,14?,18+,23-/m1/s1. The fourth-order valence-electron chi connectivity index (χ4n) is 6.46. The number of ether oxygens (including phenoxy) is 1. The molecule has 8 rings (SSSR count). The van der Waals surface area contributed by atoms with E-state index in [4.69, 9.17) is 28.6 Å². The Hall–Kier alpha value is -3.44. The van der Waals surface area contributed by atoms with Crippen molar-refractivity contribution in [2.24, 2.45) is 33.2 Å². The molecule has 1 saturated carbocycles. The summed E-state index contributed by atoms with van der Waals surface area (Å²) < 4.78 is 58.8. The van der Waals surface area contributed by atoms with Crippen LogP contribution in [0.2, 0.25) is 0 Å². The molecule has 19 nitrogen and oxygen atoms in total. The van der Waals surface area contributed by atoms with Crippen molar-refractivity contribution in [2.75, 3.05) is 30.9 Å². The van der Waals surface area contributed by atoms with Crippen LogP contribution < -0.4 is 11.1 Å². The summed E-state index contributed by atoms with van der Waals surface area (Å²) in [5.41, 5.74) is 7.08. The van der Waals surface area contributed by atoms with E-state index in [0.717, 1.165) is 0 Å². The third-order valence-electron chi connectivity index (χ3n) is 8.82. The zero-order chi connectivity index (χ0) is 30.1. The third kappa shape index (κ3) is 4.53. The Bertz CT molecular complexity index is 1760. The first-order valence-electron chi connectivity index (χ1n) is 13.9. The molecule has 0 radical (unpaired) electrons. The van der Waals surface area contributed by atoms with Gasteiger partial charge < -0.3 is 38.4 Å². The molecule has 0 amide bonds. The van der Waals surface area contributed by atoms with Crippen molar-refractivity contribution in [3.8, 4) is 0 Å². The molecule has 3 N–H and O–H groups in total. The lowest BCUT2D eigenvalue weighted by Crippen LogP contribution is -2.44. The number of fused-ring (bicyclic) bond motifs is 5. The third-order valence-corrected chi connectivity index (χ3v) is 10.5. The molecule has 10 atom stereocenters. The van der Waals surface area contributed by atoms with Crippen LogP contribution in [0.15, 0.2) is 34.4 Å². The Labute approximate surface area is 249 Å². The number of imidazole rings is 2. The van der Waals surface area contributed by atoms with E-state index in [0.29, 0.717) is 29.2 Å². The van der Waals surface area contributed by atoms with Crippen molar-refractivity contribution in [3.05, 3.63) is 24.7 Å². The van der Waals surface area contributed by atoms with Crippen molar-refractivity contribution in [3.63, 3.8) is 0 Å². The zero-order valence-electron chi connectivity index (χ0n) is 23.0. The Morgan fingerprint density at radius 3 is 2.73 bits per heavy atom. The summed E-state index contributed by atoms with van der Waals surface area (Å²) >= 11 is 0. The minimum Gasteiger partial charge on any atom is -0.382 e. The summed E-state index contributed by atoms with van der Waals surface area (Å²) in [6.07, 6.45) is 2.97. The Balaban J connectivity index is 0.994. The maximum absolute atomic E-state index is 13.1. The number of rotatable bonds is 2. The van der Waals surface area contributed by atoms with Gasteiger partial charge in [0.25, 0.3) is 0 Å². The van der Waals surface area contributed by atoms with Crippen LogP contribution in [0.4, 0.5) is 11.6 Å². The highest BCUT2D eigenvalue weighted by molar-refractivity contribution is 7.33. The number of Topliss-reactive ketones (excluding diaryl/α,β-unsaturated/α-hetero) is 1. The highest BCUT2D eigenvalue weighted by Gasteiger charge is 2.48. The van der Waals surface area contributed by atoms with E-state index in [1.165, 1.54) is 6.33 Å². The van der Waals surface area contributed by atoms with Crippen molar-refractivity contribution in [1.82, 2.24) is 29.1 Å². The van der Waals surface area contributed by atoms with Crippen LogP contribution in [0.1, 0.15) is 36.1 Å². The van der Waals surface area contributed by atoms with E-state index >= 15 is 0 Å². The van der Waals surface area contributed by atoms with Crippen LogP contribution in [0.5, 0.6) is 0 Å². The van der Waals surface area contributed by atoms with Gasteiger partial charge in [0.1, 0.15) is 36.1 Å². The van der Waals surface area contributed by atoms with Gasteiger partial charge in [0.2, 0.25) is 5.78 Å². The number of carbonyl (C=O) groups excluding carboxylic acids is 1. The van der Waals surface area contributed by atoms with E-state index in [1.807, 2.05) is 11.5 Å². The minimum atomic E-state index is -2.97. The molecule has 4 aliphatic heterocycles. The SMILES string of the molecule is C[C@@H]1[C@@H]2O[PH](=O)OC[C@H]3C[C@@H](n4cnc5c4NC4=NN=NC4C5=O)[C@@H]3CO[PH](=O)OC[C@H]2O[C@H]1n1cnc2c(N)ncnc21. The molecule has 3 fully saturated rings. The molecule has 21 heteroatoms. The predicted octanol–water partition coefficient (Wildman–Crippen LogP) is 2.00. The molecular weight excluding hydrogens is 620 g/mol. The smallest absolute Gasteiger partial charge is 0.319 e. The molecule has 3 aromatic rings. The molecule has 0 bridgehead atoms. The number of nitrogens with zero attached hydrogens (tertiary/aromatic N) is 9. The number of amidine groups is 1. The van der Waals surface area contributed by atoms with E-state index in [-0.39, 0.29) is 60.9 Å². The lowest BCUT2D eigenvalue weighted by atomic mass is 9.70. The average molecular weight is 647 g/mol. The fraction of sp³-hybridized carbons (Fsp3) is 0.565. The van der Waals surface area contributed by atoms with Crippen LogP contribution >= 0.6 is 16.5 Å². The number of hydrogen-bond donors (Lipinski definition) is 2. The minimum absolute atomic E-state index is 0.0730. The number of nitrogens with one attached hydrogen (secondary N) is 1. The Morgan fingerprint density at radius 1 is 1.02 bits per heavy atom. The molecule has 3 aromatic heterocycles. The van der Waals surface area contributed by atoms with Crippen LogP contribution in [0.25, 0.3) is 11.2 Å². The first-order chi connectivity index (χ1) is 21.4. The molecule has 232 valence electrons. The Kier molecular flexibility index (Phi) is 6.93. The van der Waals surface area contributed by atoms with Gasteiger partial charge in [-0.25, -0.2) is 19.9 Å². The fourth-order valence-corrected chi connectivity index (χ4v) is 8.18. The lowest BCUT2D eigenvalue weighted by Gasteiger charge is -2.45. The lowest BCUT2D eigenvalue weighted by molar-refractivity contribution is -0.0383. The van der Waals surface area contributed by atoms with E-state index in [9.17, 15) is 13.9 Å². The van der Waals surface area contributed by atoms with Crippen LogP contribution in [-0.2, 0) is 32.0 Å². The second-order valence-electron chi connectivity index (χ2n) is 11.2. The first-order valence-corrected chi connectivity index (χ1v) is 16.4. The highest BCUT2D eigenvalue weighted by Crippen LogP contribution is 2.50. The maximum Gasteiger partial charge on any atom is 0.319 e. The van der Waals surface area contributed by atoms with Crippen LogP contribution in [0.3, 0.4) is 0 Å². The van der Waals surface area contributed by atoms with Gasteiger partial charge in [0, 0.05) is 17.9 Å². The Morgan fingerprint density at radius 2 is 1.84 bits per heavy atom. The highest BCUT2D eigenvalue weighted by atomic mass is 31.1. The average Bonchev–Trinajstić information content (AvgIpc) is 3.79. The van der Waals surface area contributed by atoms with Crippen molar-refractivity contribution < 1.29 is 36.8 Å². The second kappa shape index (κ2) is 10.9. The largest absolute Gasteiger partial charge is 0.382 e. The summed E-state index contributed by atoms with van der Waals surface area (Å²) in [6, 6.07) is -0.988.